The van der Waals surface area contributed by atoms with Crippen LogP contribution in [-0.2, 0) is 21.3 Å². The molecule has 2 aliphatic heterocycles. The smallest absolute Gasteiger partial charge is 0.164 e. The van der Waals surface area contributed by atoms with Crippen molar-refractivity contribution in [1.82, 2.24) is 9.97 Å². The fourth-order valence-electron chi connectivity index (χ4n) is 3.30. The van der Waals surface area contributed by atoms with Crippen LogP contribution in [0, 0.1) is 18.1 Å². The van der Waals surface area contributed by atoms with Gasteiger partial charge < -0.3 is 4.90 Å². The Balaban J connectivity index is 1.89. The topological polar surface area (TPSA) is 63.2 Å². The van der Waals surface area contributed by atoms with Crippen LogP contribution in [0.3, 0.4) is 0 Å². The molecule has 0 amide bonds. The second kappa shape index (κ2) is 6.42. The highest BCUT2D eigenvalue weighted by Gasteiger charge is 2.33. The molecular formula is C17H15ClF2N3O2S. The van der Waals surface area contributed by atoms with E-state index >= 15 is 0 Å². The third kappa shape index (κ3) is 3.16. The molecule has 1 fully saturated rings. The van der Waals surface area contributed by atoms with Gasteiger partial charge in [-0.15, -0.1) is 0 Å². The number of hydrogen-bond acceptors (Lipinski definition) is 5. The number of piperidine rings is 1. The third-order valence-electron chi connectivity index (χ3n) is 4.55. The zero-order valence-corrected chi connectivity index (χ0v) is 15.2. The van der Waals surface area contributed by atoms with Gasteiger partial charge in [-0.05, 0) is 31.4 Å². The number of nitrogens with zero attached hydrogens (tertiary/aromatic N) is 3. The first kappa shape index (κ1) is 17.6. The number of fused-ring (bicyclic) bond motifs is 1. The molecule has 1 radical (unpaired) electrons. The Morgan fingerprint density at radius 3 is 2.50 bits per heavy atom. The van der Waals surface area contributed by atoms with Crippen LogP contribution in [0.2, 0.25) is 5.02 Å². The first-order valence-corrected chi connectivity index (χ1v) is 10.4. The van der Waals surface area contributed by atoms with Crippen LogP contribution in [0.1, 0.15) is 24.1 Å². The Labute approximate surface area is 154 Å². The zero-order valence-electron chi connectivity index (χ0n) is 13.7. The van der Waals surface area contributed by atoms with E-state index in [1.165, 1.54) is 0 Å². The summed E-state index contributed by atoms with van der Waals surface area (Å²) in [7, 11) is -3.32. The molecule has 2 aliphatic rings. The molecule has 0 bridgehead atoms. The van der Waals surface area contributed by atoms with Gasteiger partial charge in [-0.2, -0.15) is 0 Å². The van der Waals surface area contributed by atoms with Crippen LogP contribution in [0.25, 0.3) is 11.4 Å². The summed E-state index contributed by atoms with van der Waals surface area (Å²) < 4.78 is 52.3. The van der Waals surface area contributed by atoms with Gasteiger partial charge in [-0.1, -0.05) is 11.6 Å². The minimum absolute atomic E-state index is 0.0292. The van der Waals surface area contributed by atoms with Gasteiger partial charge in [0.2, 0.25) is 0 Å². The number of aromatic nitrogens is 2. The standard InChI is InChI=1S/C17H15ClF2N3O2S/c18-12-7-13(19)10(6-14(12)20)16-21-15-9-26(24,25)8-11(15)17(22-16)23-4-2-1-3-5-23/h1,6-7H,2-5,8-9H2. The summed E-state index contributed by atoms with van der Waals surface area (Å²) in [6, 6.07) is 1.81. The van der Waals surface area contributed by atoms with Gasteiger partial charge in [0.15, 0.2) is 15.7 Å². The highest BCUT2D eigenvalue weighted by molar-refractivity contribution is 7.90. The molecule has 0 aliphatic carbocycles. The molecule has 5 nitrogen and oxygen atoms in total. The second-order valence-electron chi connectivity index (χ2n) is 6.43. The van der Waals surface area contributed by atoms with E-state index in [9.17, 15) is 17.2 Å². The number of halogens is 3. The maximum Gasteiger partial charge on any atom is 0.164 e. The van der Waals surface area contributed by atoms with E-state index in [2.05, 4.69) is 16.4 Å². The average molecular weight is 399 g/mol. The van der Waals surface area contributed by atoms with E-state index in [1.807, 2.05) is 4.90 Å². The van der Waals surface area contributed by atoms with Crippen molar-refractivity contribution >= 4 is 27.3 Å². The monoisotopic (exact) mass is 398 g/mol. The highest BCUT2D eigenvalue weighted by atomic mass is 35.5. The lowest BCUT2D eigenvalue weighted by atomic mass is 10.1. The van der Waals surface area contributed by atoms with Gasteiger partial charge in [-0.25, -0.2) is 27.2 Å². The molecule has 0 unspecified atom stereocenters. The molecule has 3 heterocycles. The first-order chi connectivity index (χ1) is 12.3. The molecule has 1 aromatic carbocycles. The van der Waals surface area contributed by atoms with Crippen molar-refractivity contribution in [3.8, 4) is 11.4 Å². The zero-order chi connectivity index (χ0) is 18.5. The number of benzene rings is 1. The summed E-state index contributed by atoms with van der Waals surface area (Å²) in [6.45, 7) is 1.39. The first-order valence-electron chi connectivity index (χ1n) is 8.16. The number of rotatable bonds is 2. The van der Waals surface area contributed by atoms with Gasteiger partial charge in [0.25, 0.3) is 0 Å². The van der Waals surface area contributed by atoms with Gasteiger partial charge >= 0.3 is 0 Å². The molecule has 0 N–H and O–H groups in total. The van der Waals surface area contributed by atoms with Crippen LogP contribution >= 0.6 is 11.6 Å². The summed E-state index contributed by atoms with van der Waals surface area (Å²) >= 11 is 5.61. The van der Waals surface area contributed by atoms with Crippen LogP contribution in [0.5, 0.6) is 0 Å². The van der Waals surface area contributed by atoms with Gasteiger partial charge in [0, 0.05) is 18.7 Å². The van der Waals surface area contributed by atoms with Gasteiger partial charge in [-0.3, -0.25) is 0 Å². The van der Waals surface area contributed by atoms with Crippen molar-refractivity contribution in [3.05, 3.63) is 46.5 Å². The molecular weight excluding hydrogens is 384 g/mol. The van der Waals surface area contributed by atoms with E-state index in [4.69, 9.17) is 11.6 Å². The van der Waals surface area contributed by atoms with Crippen LogP contribution in [0.15, 0.2) is 12.1 Å². The van der Waals surface area contributed by atoms with Crippen LogP contribution < -0.4 is 4.90 Å². The van der Waals surface area contributed by atoms with Gasteiger partial charge in [0.1, 0.15) is 17.5 Å². The number of anilines is 1. The molecule has 2 aromatic rings. The molecule has 9 heteroatoms. The molecule has 0 atom stereocenters. The predicted octanol–water partition coefficient (Wildman–Crippen LogP) is 3.31. The van der Waals surface area contributed by atoms with Crippen molar-refractivity contribution in [2.24, 2.45) is 0 Å². The lowest BCUT2D eigenvalue weighted by Gasteiger charge is -2.29. The summed E-state index contributed by atoms with van der Waals surface area (Å²) in [5, 5.41) is -0.332. The predicted molar refractivity (Wildman–Crippen MR) is 94.5 cm³/mol. The quantitative estimate of drug-likeness (QED) is 0.726. The van der Waals surface area contributed by atoms with E-state index in [0.29, 0.717) is 30.2 Å². The Morgan fingerprint density at radius 2 is 1.77 bits per heavy atom. The maximum absolute atomic E-state index is 14.3. The molecule has 0 spiro atoms. The molecule has 1 saturated heterocycles. The molecule has 26 heavy (non-hydrogen) atoms. The highest BCUT2D eigenvalue weighted by Crippen LogP contribution is 2.35. The summed E-state index contributed by atoms with van der Waals surface area (Å²) in [5.41, 5.74) is 0.781. The van der Waals surface area contributed by atoms with E-state index < -0.39 is 21.5 Å². The van der Waals surface area contributed by atoms with Crippen molar-refractivity contribution in [1.29, 1.82) is 0 Å². The van der Waals surface area contributed by atoms with Gasteiger partial charge in [0.05, 0.1) is 27.8 Å². The molecule has 137 valence electrons. The average Bonchev–Trinajstić information content (AvgIpc) is 2.91. The SMILES string of the molecule is O=S1(=O)Cc2nc(-c3cc(F)c(Cl)cc3F)nc(N3CC[CH]CC3)c2C1. The number of sulfone groups is 1. The summed E-state index contributed by atoms with van der Waals surface area (Å²) in [6.07, 6.45) is 3.86. The summed E-state index contributed by atoms with van der Waals surface area (Å²) in [5.74, 6) is -1.42. The Hall–Kier alpha value is -1.80. The normalized spacial score (nSPS) is 18.8. The fraction of sp³-hybridized carbons (Fsp3) is 0.353. The van der Waals surface area contributed by atoms with E-state index in [0.717, 1.165) is 25.0 Å². The van der Waals surface area contributed by atoms with Crippen LogP contribution in [-0.4, -0.2) is 31.5 Å². The largest absolute Gasteiger partial charge is 0.356 e. The van der Waals surface area contributed by atoms with E-state index in [-0.39, 0.29) is 27.9 Å². The molecule has 1 aromatic heterocycles. The lowest BCUT2D eigenvalue weighted by Crippen LogP contribution is -2.31. The number of hydrogen-bond donors (Lipinski definition) is 0. The minimum atomic E-state index is -3.32. The molecule has 4 rings (SSSR count). The van der Waals surface area contributed by atoms with E-state index in [1.54, 1.807) is 0 Å². The van der Waals surface area contributed by atoms with Crippen molar-refractivity contribution in [2.45, 2.75) is 24.3 Å². The third-order valence-corrected chi connectivity index (χ3v) is 6.28. The Bertz CT molecular complexity index is 992. The maximum atomic E-state index is 14.3. The van der Waals surface area contributed by atoms with Crippen molar-refractivity contribution < 1.29 is 17.2 Å². The Morgan fingerprint density at radius 1 is 1.04 bits per heavy atom. The van der Waals surface area contributed by atoms with Crippen molar-refractivity contribution in [3.63, 3.8) is 0 Å². The summed E-state index contributed by atoms with van der Waals surface area (Å²) in [4.78, 5) is 10.6. The van der Waals surface area contributed by atoms with Crippen molar-refractivity contribution in [2.75, 3.05) is 18.0 Å². The minimum Gasteiger partial charge on any atom is -0.356 e. The Kier molecular flexibility index (Phi) is 4.35. The fourth-order valence-corrected chi connectivity index (χ4v) is 4.95. The molecule has 0 saturated carbocycles. The second-order valence-corrected chi connectivity index (χ2v) is 8.90. The lowest BCUT2D eigenvalue weighted by molar-refractivity contribution is 0.597. The van der Waals surface area contributed by atoms with Crippen LogP contribution in [0.4, 0.5) is 14.6 Å².